The molecule has 0 aliphatic carbocycles. The molecule has 0 aromatic heterocycles. The summed E-state index contributed by atoms with van der Waals surface area (Å²) in [5.41, 5.74) is 2.56. The average Bonchev–Trinajstić information content (AvgIpc) is 2.38. The van der Waals surface area contributed by atoms with Crippen molar-refractivity contribution >= 4 is 11.6 Å². The molecule has 2 atom stereocenters. The van der Waals surface area contributed by atoms with Crippen LogP contribution in [0.5, 0.6) is 0 Å². The zero-order valence-corrected chi connectivity index (χ0v) is 13.6. The number of hydrogen-bond donors (Lipinski definition) is 1. The molecule has 0 aliphatic heterocycles. The summed E-state index contributed by atoms with van der Waals surface area (Å²) in [6.07, 6.45) is 6.43. The normalized spacial score (nSPS) is 14.4. The Labute approximate surface area is 123 Å². The summed E-state index contributed by atoms with van der Waals surface area (Å²) in [5, 5.41) is 4.30. The number of nitrogens with one attached hydrogen (secondary N) is 1. The monoisotopic (exact) mass is 281 g/mol. The van der Waals surface area contributed by atoms with Crippen LogP contribution in [-0.2, 0) is 0 Å². The van der Waals surface area contributed by atoms with Crippen LogP contribution in [0.1, 0.15) is 63.1 Å². The Hall–Kier alpha value is -0.530. The molecular formula is C17H28ClN. The zero-order chi connectivity index (χ0) is 14.3. The molecule has 2 unspecified atom stereocenters. The van der Waals surface area contributed by atoms with Gasteiger partial charge in [0.25, 0.3) is 0 Å². The molecule has 108 valence electrons. The van der Waals surface area contributed by atoms with Gasteiger partial charge < -0.3 is 5.32 Å². The summed E-state index contributed by atoms with van der Waals surface area (Å²) in [6, 6.07) is 6.78. The summed E-state index contributed by atoms with van der Waals surface area (Å²) in [7, 11) is 2.05. The van der Waals surface area contributed by atoms with Crippen LogP contribution >= 0.6 is 11.6 Å². The molecule has 1 aromatic carbocycles. The van der Waals surface area contributed by atoms with Gasteiger partial charge in [-0.25, -0.2) is 0 Å². The van der Waals surface area contributed by atoms with Crippen molar-refractivity contribution in [2.45, 2.75) is 58.9 Å². The van der Waals surface area contributed by atoms with Gasteiger partial charge >= 0.3 is 0 Å². The Balaban J connectivity index is 2.75. The van der Waals surface area contributed by atoms with Crippen LogP contribution in [-0.4, -0.2) is 7.05 Å². The molecule has 0 saturated heterocycles. The molecule has 1 N–H and O–H groups in total. The third-order valence-corrected chi connectivity index (χ3v) is 4.15. The van der Waals surface area contributed by atoms with Crippen molar-refractivity contribution in [2.24, 2.45) is 5.92 Å². The number of benzene rings is 1. The lowest BCUT2D eigenvalue weighted by molar-refractivity contribution is 0.365. The molecule has 0 spiro atoms. The molecule has 1 nitrogen and oxygen atoms in total. The molecular weight excluding hydrogens is 254 g/mol. The lowest BCUT2D eigenvalue weighted by Gasteiger charge is -2.23. The van der Waals surface area contributed by atoms with Gasteiger partial charge in [0.1, 0.15) is 0 Å². The summed E-state index contributed by atoms with van der Waals surface area (Å²) in [4.78, 5) is 0. The van der Waals surface area contributed by atoms with Crippen LogP contribution in [0.3, 0.4) is 0 Å². The van der Waals surface area contributed by atoms with Crippen molar-refractivity contribution in [1.82, 2.24) is 5.32 Å². The highest BCUT2D eigenvalue weighted by Crippen LogP contribution is 2.28. The van der Waals surface area contributed by atoms with Gasteiger partial charge in [0.15, 0.2) is 0 Å². The number of unbranched alkanes of at least 4 members (excludes halogenated alkanes) is 1. The van der Waals surface area contributed by atoms with Crippen LogP contribution in [0.4, 0.5) is 0 Å². The van der Waals surface area contributed by atoms with E-state index in [4.69, 9.17) is 11.6 Å². The summed E-state index contributed by atoms with van der Waals surface area (Å²) >= 11 is 6.18. The van der Waals surface area contributed by atoms with Gasteiger partial charge in [0.2, 0.25) is 0 Å². The van der Waals surface area contributed by atoms with Gasteiger partial charge in [0.05, 0.1) is 0 Å². The molecule has 0 radical (unpaired) electrons. The highest BCUT2D eigenvalue weighted by atomic mass is 35.5. The molecule has 0 amide bonds. The molecule has 1 rings (SSSR count). The lowest BCUT2D eigenvalue weighted by atomic mass is 9.89. The van der Waals surface area contributed by atoms with Crippen molar-refractivity contribution in [3.05, 3.63) is 34.3 Å². The molecule has 2 heteroatoms. The molecule has 0 aliphatic rings. The van der Waals surface area contributed by atoms with Gasteiger partial charge in [-0.2, -0.15) is 0 Å². The van der Waals surface area contributed by atoms with Crippen LogP contribution in [0.2, 0.25) is 5.02 Å². The first-order valence-corrected chi connectivity index (χ1v) is 7.92. The van der Waals surface area contributed by atoms with Gasteiger partial charge in [-0.3, -0.25) is 0 Å². The fourth-order valence-electron chi connectivity index (χ4n) is 2.70. The molecule has 0 bridgehead atoms. The fraction of sp³-hybridized carbons (Fsp3) is 0.647. The summed E-state index contributed by atoms with van der Waals surface area (Å²) in [5.74, 6) is 0.802. The Morgan fingerprint density at radius 1 is 1.21 bits per heavy atom. The van der Waals surface area contributed by atoms with E-state index in [1.807, 2.05) is 13.1 Å². The van der Waals surface area contributed by atoms with E-state index >= 15 is 0 Å². The van der Waals surface area contributed by atoms with Crippen molar-refractivity contribution in [1.29, 1.82) is 0 Å². The predicted octanol–water partition coefficient (Wildman–Crippen LogP) is 5.52. The second-order valence-corrected chi connectivity index (χ2v) is 5.99. The highest BCUT2D eigenvalue weighted by molar-refractivity contribution is 6.30. The minimum absolute atomic E-state index is 0.416. The van der Waals surface area contributed by atoms with Crippen LogP contribution in [0.15, 0.2) is 18.2 Å². The standard InChI is InChI=1S/C17H28ClN/c1-5-7-8-14(6-2)11-17(19-4)15-9-13(3)10-16(18)12-15/h9-10,12,14,17,19H,5-8,11H2,1-4H3. The Morgan fingerprint density at radius 2 is 1.95 bits per heavy atom. The average molecular weight is 282 g/mol. The second-order valence-electron chi connectivity index (χ2n) is 5.56. The third kappa shape index (κ3) is 5.54. The van der Waals surface area contributed by atoms with Crippen LogP contribution in [0.25, 0.3) is 0 Å². The number of aryl methyl sites for hydroxylation is 1. The first-order valence-electron chi connectivity index (χ1n) is 7.55. The maximum atomic E-state index is 6.18. The Morgan fingerprint density at radius 3 is 2.47 bits per heavy atom. The van der Waals surface area contributed by atoms with E-state index in [2.05, 4.69) is 38.2 Å². The van der Waals surface area contributed by atoms with Crippen molar-refractivity contribution in [3.8, 4) is 0 Å². The molecule has 0 heterocycles. The Bertz CT molecular complexity index is 355. The maximum Gasteiger partial charge on any atom is 0.0411 e. The topological polar surface area (TPSA) is 12.0 Å². The maximum absolute atomic E-state index is 6.18. The second kappa shape index (κ2) is 8.60. The largest absolute Gasteiger partial charge is 0.313 e. The number of rotatable bonds is 8. The van der Waals surface area contributed by atoms with E-state index in [0.29, 0.717) is 6.04 Å². The predicted molar refractivity (Wildman–Crippen MR) is 85.9 cm³/mol. The molecule has 0 saturated carbocycles. The van der Waals surface area contributed by atoms with E-state index in [-0.39, 0.29) is 0 Å². The quantitative estimate of drug-likeness (QED) is 0.662. The minimum Gasteiger partial charge on any atom is -0.313 e. The summed E-state index contributed by atoms with van der Waals surface area (Å²) < 4.78 is 0. The van der Waals surface area contributed by atoms with Gasteiger partial charge in [-0.15, -0.1) is 0 Å². The Kier molecular flexibility index (Phi) is 7.48. The van der Waals surface area contributed by atoms with E-state index < -0.39 is 0 Å². The lowest BCUT2D eigenvalue weighted by Crippen LogP contribution is -2.20. The first-order chi connectivity index (χ1) is 9.10. The van der Waals surface area contributed by atoms with Crippen LogP contribution < -0.4 is 5.32 Å². The zero-order valence-electron chi connectivity index (χ0n) is 12.8. The van der Waals surface area contributed by atoms with Gasteiger partial charge in [-0.05, 0) is 49.6 Å². The first kappa shape index (κ1) is 16.5. The van der Waals surface area contributed by atoms with E-state index in [1.54, 1.807) is 0 Å². The van der Waals surface area contributed by atoms with Crippen molar-refractivity contribution in [3.63, 3.8) is 0 Å². The van der Waals surface area contributed by atoms with E-state index in [1.165, 1.54) is 43.2 Å². The molecule has 1 aromatic rings. The van der Waals surface area contributed by atoms with Gasteiger partial charge in [-0.1, -0.05) is 57.2 Å². The number of halogens is 1. The third-order valence-electron chi connectivity index (χ3n) is 3.93. The van der Waals surface area contributed by atoms with Crippen molar-refractivity contribution < 1.29 is 0 Å². The van der Waals surface area contributed by atoms with Crippen LogP contribution in [0, 0.1) is 12.8 Å². The molecule has 19 heavy (non-hydrogen) atoms. The fourth-order valence-corrected chi connectivity index (χ4v) is 3.00. The minimum atomic E-state index is 0.416. The highest BCUT2D eigenvalue weighted by Gasteiger charge is 2.16. The summed E-state index contributed by atoms with van der Waals surface area (Å²) in [6.45, 7) is 6.68. The smallest absolute Gasteiger partial charge is 0.0411 e. The van der Waals surface area contributed by atoms with E-state index in [9.17, 15) is 0 Å². The van der Waals surface area contributed by atoms with Gasteiger partial charge in [0, 0.05) is 11.1 Å². The van der Waals surface area contributed by atoms with Crippen molar-refractivity contribution in [2.75, 3.05) is 7.05 Å². The molecule has 0 fully saturated rings. The van der Waals surface area contributed by atoms with E-state index in [0.717, 1.165) is 10.9 Å². The number of hydrogen-bond acceptors (Lipinski definition) is 1. The SMILES string of the molecule is CCCCC(CC)CC(NC)c1cc(C)cc(Cl)c1.